The predicted molar refractivity (Wildman–Crippen MR) is 49.9 cm³/mol. The molecule has 0 atom stereocenters. The summed E-state index contributed by atoms with van der Waals surface area (Å²) in [5, 5.41) is 2.66. The number of rotatable bonds is 0. The number of aryl methyl sites for hydroxylation is 1. The summed E-state index contributed by atoms with van der Waals surface area (Å²) in [4.78, 5) is 11.2. The van der Waals surface area contributed by atoms with Crippen LogP contribution in [0.4, 0.5) is 10.1 Å². The molecule has 1 amide bonds. The van der Waals surface area contributed by atoms with Crippen LogP contribution >= 0.6 is 0 Å². The zero-order valence-corrected chi connectivity index (χ0v) is 7.76. The topological polar surface area (TPSA) is 38.3 Å². The lowest BCUT2D eigenvalue weighted by atomic mass is 10.2. The molecular formula is C10H10FNO2. The fraction of sp³-hybridized carbons (Fsp3) is 0.300. The molecule has 0 unspecified atom stereocenters. The van der Waals surface area contributed by atoms with Gasteiger partial charge in [-0.15, -0.1) is 0 Å². The number of nitrogens with one attached hydrogen (secondary N) is 1. The SMILES string of the molecule is Cc1cc2c(cc1F)OCCC(=O)N2. The van der Waals surface area contributed by atoms with Crippen LogP contribution in [0.25, 0.3) is 0 Å². The van der Waals surface area contributed by atoms with Crippen LogP contribution in [0.2, 0.25) is 0 Å². The highest BCUT2D eigenvalue weighted by Gasteiger charge is 2.15. The van der Waals surface area contributed by atoms with Gasteiger partial charge in [-0.2, -0.15) is 0 Å². The van der Waals surface area contributed by atoms with Crippen molar-refractivity contribution in [2.75, 3.05) is 11.9 Å². The average molecular weight is 195 g/mol. The molecule has 1 heterocycles. The monoisotopic (exact) mass is 195 g/mol. The number of anilines is 1. The van der Waals surface area contributed by atoms with Gasteiger partial charge in [0.25, 0.3) is 0 Å². The maximum absolute atomic E-state index is 13.1. The molecule has 0 saturated heterocycles. The van der Waals surface area contributed by atoms with Gasteiger partial charge in [-0.3, -0.25) is 4.79 Å². The molecule has 2 rings (SSSR count). The molecule has 0 aromatic heterocycles. The van der Waals surface area contributed by atoms with E-state index >= 15 is 0 Å². The van der Waals surface area contributed by atoms with E-state index in [0.29, 0.717) is 30.0 Å². The van der Waals surface area contributed by atoms with Crippen LogP contribution < -0.4 is 10.1 Å². The molecule has 0 bridgehead atoms. The van der Waals surface area contributed by atoms with Gasteiger partial charge >= 0.3 is 0 Å². The van der Waals surface area contributed by atoms with Crippen molar-refractivity contribution in [2.45, 2.75) is 13.3 Å². The Morgan fingerprint density at radius 1 is 1.50 bits per heavy atom. The van der Waals surface area contributed by atoms with E-state index in [1.165, 1.54) is 6.07 Å². The Morgan fingerprint density at radius 2 is 2.29 bits per heavy atom. The van der Waals surface area contributed by atoms with Gasteiger partial charge in [0.05, 0.1) is 18.7 Å². The van der Waals surface area contributed by atoms with Gasteiger partial charge in [0.15, 0.2) is 0 Å². The van der Waals surface area contributed by atoms with Crippen LogP contribution in [0.15, 0.2) is 12.1 Å². The number of ether oxygens (including phenoxy) is 1. The number of hydrogen-bond acceptors (Lipinski definition) is 2. The Morgan fingerprint density at radius 3 is 3.07 bits per heavy atom. The number of carbonyl (C=O) groups excluding carboxylic acids is 1. The van der Waals surface area contributed by atoms with Gasteiger partial charge in [-0.25, -0.2) is 4.39 Å². The second-order valence-electron chi connectivity index (χ2n) is 3.24. The highest BCUT2D eigenvalue weighted by atomic mass is 19.1. The lowest BCUT2D eigenvalue weighted by Gasteiger charge is -2.08. The number of benzene rings is 1. The second kappa shape index (κ2) is 3.29. The highest BCUT2D eigenvalue weighted by molar-refractivity contribution is 5.93. The summed E-state index contributed by atoms with van der Waals surface area (Å²) >= 11 is 0. The molecule has 0 saturated carbocycles. The molecule has 0 radical (unpaired) electrons. The number of amides is 1. The minimum atomic E-state index is -0.320. The minimum absolute atomic E-state index is 0.102. The molecule has 1 aliphatic heterocycles. The van der Waals surface area contributed by atoms with E-state index in [0.717, 1.165) is 0 Å². The number of halogens is 1. The largest absolute Gasteiger partial charge is 0.491 e. The third-order valence-electron chi connectivity index (χ3n) is 2.12. The molecule has 0 fully saturated rings. The van der Waals surface area contributed by atoms with Crippen molar-refractivity contribution in [3.05, 3.63) is 23.5 Å². The smallest absolute Gasteiger partial charge is 0.227 e. The van der Waals surface area contributed by atoms with Gasteiger partial charge in [0, 0.05) is 6.07 Å². The Bertz CT molecular complexity index is 390. The van der Waals surface area contributed by atoms with Crippen LogP contribution in [-0.2, 0) is 4.79 Å². The Kier molecular flexibility index (Phi) is 2.11. The first-order chi connectivity index (χ1) is 6.66. The molecule has 74 valence electrons. The highest BCUT2D eigenvalue weighted by Crippen LogP contribution is 2.29. The first-order valence-electron chi connectivity index (χ1n) is 4.39. The van der Waals surface area contributed by atoms with Crippen LogP contribution in [-0.4, -0.2) is 12.5 Å². The quantitative estimate of drug-likeness (QED) is 0.686. The molecule has 14 heavy (non-hydrogen) atoms. The van der Waals surface area contributed by atoms with E-state index in [1.54, 1.807) is 13.0 Å². The van der Waals surface area contributed by atoms with Gasteiger partial charge in [-0.1, -0.05) is 0 Å². The summed E-state index contributed by atoms with van der Waals surface area (Å²) in [6, 6.07) is 2.88. The van der Waals surface area contributed by atoms with E-state index in [1.807, 2.05) is 0 Å². The van der Waals surface area contributed by atoms with Crippen LogP contribution in [0.3, 0.4) is 0 Å². The van der Waals surface area contributed by atoms with Crippen molar-refractivity contribution in [1.82, 2.24) is 0 Å². The van der Waals surface area contributed by atoms with Crippen molar-refractivity contribution < 1.29 is 13.9 Å². The van der Waals surface area contributed by atoms with Crippen molar-refractivity contribution in [3.8, 4) is 5.75 Å². The zero-order valence-electron chi connectivity index (χ0n) is 7.76. The van der Waals surface area contributed by atoms with Crippen LogP contribution in [0.5, 0.6) is 5.75 Å². The summed E-state index contributed by atoms with van der Waals surface area (Å²) in [6.45, 7) is 1.94. The lowest BCUT2D eigenvalue weighted by molar-refractivity contribution is -0.116. The van der Waals surface area contributed by atoms with E-state index in [-0.39, 0.29) is 11.7 Å². The molecule has 0 spiro atoms. The standard InChI is InChI=1S/C10H10FNO2/c1-6-4-8-9(5-7(6)11)14-3-2-10(13)12-8/h4-5H,2-3H2,1H3,(H,12,13). The van der Waals surface area contributed by atoms with Crippen LogP contribution in [0, 0.1) is 12.7 Å². The number of hydrogen-bond donors (Lipinski definition) is 1. The van der Waals surface area contributed by atoms with Crippen molar-refractivity contribution in [2.24, 2.45) is 0 Å². The fourth-order valence-electron chi connectivity index (χ4n) is 1.35. The Balaban J connectivity index is 2.46. The molecule has 1 aromatic rings. The Hall–Kier alpha value is -1.58. The summed E-state index contributed by atoms with van der Waals surface area (Å²) < 4.78 is 18.4. The lowest BCUT2D eigenvalue weighted by Crippen LogP contribution is -2.10. The van der Waals surface area contributed by atoms with Gasteiger partial charge in [0.2, 0.25) is 5.91 Å². The number of carbonyl (C=O) groups is 1. The number of fused-ring (bicyclic) bond motifs is 1. The summed E-state index contributed by atoms with van der Waals surface area (Å²) in [6.07, 6.45) is 0.301. The zero-order chi connectivity index (χ0) is 10.1. The predicted octanol–water partition coefficient (Wildman–Crippen LogP) is 1.86. The molecule has 1 aromatic carbocycles. The molecular weight excluding hydrogens is 185 g/mol. The molecule has 1 N–H and O–H groups in total. The molecule has 4 heteroatoms. The van der Waals surface area contributed by atoms with E-state index in [4.69, 9.17) is 4.74 Å². The minimum Gasteiger partial charge on any atom is -0.491 e. The van der Waals surface area contributed by atoms with Gasteiger partial charge < -0.3 is 10.1 Å². The third-order valence-corrected chi connectivity index (χ3v) is 2.12. The van der Waals surface area contributed by atoms with Gasteiger partial charge in [0.1, 0.15) is 11.6 Å². The fourth-order valence-corrected chi connectivity index (χ4v) is 1.35. The molecule has 0 aliphatic carbocycles. The maximum atomic E-state index is 13.1. The third kappa shape index (κ3) is 1.55. The molecule has 3 nitrogen and oxygen atoms in total. The summed E-state index contributed by atoms with van der Waals surface area (Å²) in [5.41, 5.74) is 1.04. The Labute approximate surface area is 80.9 Å². The van der Waals surface area contributed by atoms with Gasteiger partial charge in [-0.05, 0) is 18.6 Å². The van der Waals surface area contributed by atoms with E-state index < -0.39 is 0 Å². The molecule has 1 aliphatic rings. The average Bonchev–Trinajstić information content (AvgIpc) is 2.28. The summed E-state index contributed by atoms with van der Waals surface area (Å²) in [5.74, 6) is -0.0198. The van der Waals surface area contributed by atoms with E-state index in [2.05, 4.69) is 5.32 Å². The first kappa shape index (κ1) is 8.99. The van der Waals surface area contributed by atoms with Crippen molar-refractivity contribution >= 4 is 11.6 Å². The van der Waals surface area contributed by atoms with Crippen molar-refractivity contribution in [1.29, 1.82) is 0 Å². The first-order valence-corrected chi connectivity index (χ1v) is 4.39. The normalized spacial score (nSPS) is 15.1. The maximum Gasteiger partial charge on any atom is 0.227 e. The second-order valence-corrected chi connectivity index (χ2v) is 3.24. The van der Waals surface area contributed by atoms with Crippen LogP contribution in [0.1, 0.15) is 12.0 Å². The van der Waals surface area contributed by atoms with Crippen molar-refractivity contribution in [3.63, 3.8) is 0 Å². The summed E-state index contributed by atoms with van der Waals surface area (Å²) in [7, 11) is 0. The van der Waals surface area contributed by atoms with E-state index in [9.17, 15) is 9.18 Å².